The maximum atomic E-state index is 5.61. The van der Waals surface area contributed by atoms with Gasteiger partial charge in [0.25, 0.3) is 0 Å². The van der Waals surface area contributed by atoms with E-state index < -0.39 is 0 Å². The Balaban J connectivity index is 2.43. The number of hydrogen-bond donors (Lipinski definition) is 2. The van der Waals surface area contributed by atoms with Crippen LogP contribution in [0.25, 0.3) is 0 Å². The van der Waals surface area contributed by atoms with Crippen LogP contribution in [0.1, 0.15) is 26.3 Å². The lowest BCUT2D eigenvalue weighted by atomic mass is 10.2. The predicted octanol–water partition coefficient (Wildman–Crippen LogP) is 2.54. The number of hydrazone groups is 1. The van der Waals surface area contributed by atoms with Gasteiger partial charge in [-0.15, -0.1) is 0 Å². The molecule has 0 aliphatic carbocycles. The van der Waals surface area contributed by atoms with Crippen molar-refractivity contribution in [2.45, 2.75) is 20.8 Å². The first-order chi connectivity index (χ1) is 9.11. The molecule has 0 amide bonds. The molecule has 0 aliphatic heterocycles. The van der Waals surface area contributed by atoms with Crippen LogP contribution in [-0.2, 0) is 0 Å². The molecule has 19 heavy (non-hydrogen) atoms. The van der Waals surface area contributed by atoms with Gasteiger partial charge in [-0.25, -0.2) is 0 Å². The first-order valence-corrected chi connectivity index (χ1v) is 6.82. The zero-order chi connectivity index (χ0) is 14.1. The Morgan fingerprint density at radius 3 is 2.63 bits per heavy atom. The number of ether oxygens (including phenoxy) is 1. The number of hydrogen-bond acceptors (Lipinski definition) is 3. The summed E-state index contributed by atoms with van der Waals surface area (Å²) >= 11 is 4.99. The van der Waals surface area contributed by atoms with Crippen molar-refractivity contribution in [2.24, 2.45) is 11.0 Å². The Morgan fingerprint density at radius 1 is 1.37 bits per heavy atom. The van der Waals surface area contributed by atoms with Gasteiger partial charge in [0.15, 0.2) is 5.11 Å². The van der Waals surface area contributed by atoms with Gasteiger partial charge in [0.1, 0.15) is 5.75 Å². The molecule has 0 saturated heterocycles. The fourth-order valence-electron chi connectivity index (χ4n) is 1.28. The van der Waals surface area contributed by atoms with E-state index in [9.17, 15) is 0 Å². The Hall–Kier alpha value is -1.62. The van der Waals surface area contributed by atoms with E-state index in [4.69, 9.17) is 17.0 Å². The van der Waals surface area contributed by atoms with E-state index in [1.807, 2.05) is 31.2 Å². The Morgan fingerprint density at radius 2 is 2.05 bits per heavy atom. The standard InChI is InChI=1S/C14H21N3OS/c1-4-15-14(19)17-16-9-12-5-7-13(8-6-12)18-10-11(2)3/h5-9,11H,4,10H2,1-3H3,(H2,15,17,19)/b16-9+. The highest BCUT2D eigenvalue weighted by atomic mass is 32.1. The molecule has 0 heterocycles. The minimum Gasteiger partial charge on any atom is -0.493 e. The van der Waals surface area contributed by atoms with Gasteiger partial charge in [-0.05, 0) is 54.9 Å². The van der Waals surface area contributed by atoms with Crippen LogP contribution in [0.4, 0.5) is 0 Å². The zero-order valence-corrected chi connectivity index (χ0v) is 12.5. The van der Waals surface area contributed by atoms with Crippen LogP contribution in [0.15, 0.2) is 29.4 Å². The van der Waals surface area contributed by atoms with Crippen molar-refractivity contribution in [3.63, 3.8) is 0 Å². The molecule has 4 nitrogen and oxygen atoms in total. The van der Waals surface area contributed by atoms with Crippen LogP contribution in [-0.4, -0.2) is 24.5 Å². The molecule has 1 aromatic carbocycles. The molecule has 0 unspecified atom stereocenters. The molecule has 0 bridgehead atoms. The number of rotatable bonds is 6. The highest BCUT2D eigenvalue weighted by molar-refractivity contribution is 7.80. The van der Waals surface area contributed by atoms with Crippen LogP contribution >= 0.6 is 12.2 Å². The summed E-state index contributed by atoms with van der Waals surface area (Å²) in [6.07, 6.45) is 1.72. The van der Waals surface area contributed by atoms with Crippen LogP contribution < -0.4 is 15.5 Å². The van der Waals surface area contributed by atoms with Crippen LogP contribution in [0.2, 0.25) is 0 Å². The van der Waals surface area contributed by atoms with Gasteiger partial charge >= 0.3 is 0 Å². The maximum absolute atomic E-state index is 5.61. The lowest BCUT2D eigenvalue weighted by Crippen LogP contribution is -2.31. The highest BCUT2D eigenvalue weighted by Crippen LogP contribution is 2.12. The number of benzene rings is 1. The second kappa shape index (κ2) is 8.48. The summed E-state index contributed by atoms with van der Waals surface area (Å²) in [4.78, 5) is 0. The number of thiocarbonyl (C=S) groups is 1. The van der Waals surface area contributed by atoms with E-state index >= 15 is 0 Å². The van der Waals surface area contributed by atoms with Gasteiger partial charge in [0.05, 0.1) is 12.8 Å². The molecule has 0 spiro atoms. The molecule has 1 aromatic rings. The minimum absolute atomic E-state index is 0.524. The first kappa shape index (κ1) is 15.4. The third-order valence-corrected chi connectivity index (χ3v) is 2.42. The summed E-state index contributed by atoms with van der Waals surface area (Å²) < 4.78 is 5.61. The summed E-state index contributed by atoms with van der Waals surface area (Å²) in [7, 11) is 0. The van der Waals surface area contributed by atoms with E-state index in [2.05, 4.69) is 29.7 Å². The van der Waals surface area contributed by atoms with Crippen LogP contribution in [0.5, 0.6) is 5.75 Å². The largest absolute Gasteiger partial charge is 0.493 e. The first-order valence-electron chi connectivity index (χ1n) is 6.41. The monoisotopic (exact) mass is 279 g/mol. The van der Waals surface area contributed by atoms with Crippen molar-refractivity contribution in [2.75, 3.05) is 13.2 Å². The van der Waals surface area contributed by atoms with Crippen LogP contribution in [0, 0.1) is 5.92 Å². The van der Waals surface area contributed by atoms with Gasteiger partial charge in [0.2, 0.25) is 0 Å². The van der Waals surface area contributed by atoms with E-state index in [1.54, 1.807) is 6.21 Å². The fourth-order valence-corrected chi connectivity index (χ4v) is 1.48. The second-order valence-corrected chi connectivity index (χ2v) is 4.91. The predicted molar refractivity (Wildman–Crippen MR) is 83.8 cm³/mol. The van der Waals surface area contributed by atoms with Crippen molar-refractivity contribution < 1.29 is 4.74 Å². The number of nitrogens with one attached hydrogen (secondary N) is 2. The average Bonchev–Trinajstić information content (AvgIpc) is 2.38. The van der Waals surface area contributed by atoms with Gasteiger partial charge in [0, 0.05) is 6.54 Å². The molecule has 1 rings (SSSR count). The Labute approximate surface area is 120 Å². The average molecular weight is 279 g/mol. The minimum atomic E-state index is 0.524. The van der Waals surface area contributed by atoms with Gasteiger partial charge in [-0.1, -0.05) is 13.8 Å². The molecular formula is C14H21N3OS. The highest BCUT2D eigenvalue weighted by Gasteiger charge is 1.97. The topological polar surface area (TPSA) is 45.7 Å². The molecule has 0 aromatic heterocycles. The third kappa shape index (κ3) is 6.76. The normalized spacial score (nSPS) is 10.7. The molecule has 0 saturated carbocycles. The lowest BCUT2D eigenvalue weighted by molar-refractivity contribution is 0.271. The molecule has 0 radical (unpaired) electrons. The quantitative estimate of drug-likeness (QED) is 0.477. The molecule has 0 fully saturated rings. The smallest absolute Gasteiger partial charge is 0.186 e. The van der Waals surface area contributed by atoms with Crippen molar-refractivity contribution in [3.05, 3.63) is 29.8 Å². The molecule has 2 N–H and O–H groups in total. The van der Waals surface area contributed by atoms with Gasteiger partial charge in [-0.3, -0.25) is 5.43 Å². The summed E-state index contributed by atoms with van der Waals surface area (Å²) in [5.41, 5.74) is 3.73. The van der Waals surface area contributed by atoms with E-state index in [0.29, 0.717) is 11.0 Å². The molecule has 0 aliphatic rings. The summed E-state index contributed by atoms with van der Waals surface area (Å²) in [5.74, 6) is 1.40. The van der Waals surface area contributed by atoms with Crippen molar-refractivity contribution >= 4 is 23.5 Å². The van der Waals surface area contributed by atoms with Gasteiger partial charge < -0.3 is 10.1 Å². The molecule has 104 valence electrons. The summed E-state index contributed by atoms with van der Waals surface area (Å²) in [6.45, 7) is 7.74. The summed E-state index contributed by atoms with van der Waals surface area (Å²) in [6, 6.07) is 7.78. The number of nitrogens with zero attached hydrogens (tertiary/aromatic N) is 1. The van der Waals surface area contributed by atoms with E-state index in [0.717, 1.165) is 24.5 Å². The van der Waals surface area contributed by atoms with E-state index in [-0.39, 0.29) is 0 Å². The zero-order valence-electron chi connectivity index (χ0n) is 11.6. The SMILES string of the molecule is CCNC(=S)N/N=C/c1ccc(OCC(C)C)cc1. The Bertz CT molecular complexity index is 415. The molecule has 0 atom stereocenters. The molecule has 5 heteroatoms. The van der Waals surface area contributed by atoms with Gasteiger partial charge in [-0.2, -0.15) is 5.10 Å². The van der Waals surface area contributed by atoms with Crippen molar-refractivity contribution in [3.8, 4) is 5.75 Å². The van der Waals surface area contributed by atoms with E-state index in [1.165, 1.54) is 0 Å². The fraction of sp³-hybridized carbons (Fsp3) is 0.429. The lowest BCUT2D eigenvalue weighted by Gasteiger charge is -2.08. The second-order valence-electron chi connectivity index (χ2n) is 4.50. The van der Waals surface area contributed by atoms with Crippen molar-refractivity contribution in [1.29, 1.82) is 0 Å². The van der Waals surface area contributed by atoms with Crippen molar-refractivity contribution in [1.82, 2.24) is 10.7 Å². The Kier molecular flexibility index (Phi) is 6.89. The third-order valence-electron chi connectivity index (χ3n) is 2.18. The maximum Gasteiger partial charge on any atom is 0.186 e. The molecular weight excluding hydrogens is 258 g/mol. The summed E-state index contributed by atoms with van der Waals surface area (Å²) in [5, 5.41) is 7.52. The van der Waals surface area contributed by atoms with Crippen LogP contribution in [0.3, 0.4) is 0 Å².